The van der Waals surface area contributed by atoms with Crippen molar-refractivity contribution in [1.82, 2.24) is 0 Å². The van der Waals surface area contributed by atoms with Crippen molar-refractivity contribution in [3.05, 3.63) is 0 Å². The minimum absolute atomic E-state index is 0.151. The van der Waals surface area contributed by atoms with E-state index < -0.39 is 11.2 Å². The van der Waals surface area contributed by atoms with Gasteiger partial charge in [-0.25, -0.2) is 0 Å². The Balaban J connectivity index is 2.41. The molecule has 0 aromatic carbocycles. The number of hydrogen-bond donors (Lipinski definition) is 2. The van der Waals surface area contributed by atoms with Crippen LogP contribution in [-0.4, -0.2) is 40.8 Å². The summed E-state index contributed by atoms with van der Waals surface area (Å²) in [6, 6.07) is 0. The lowest BCUT2D eigenvalue weighted by Gasteiger charge is -2.17. The molecule has 0 aromatic rings. The average molecular weight is 205 g/mol. The van der Waals surface area contributed by atoms with E-state index in [1.165, 1.54) is 11.8 Å². The molecule has 1 rings (SSSR count). The number of hydrogen-bond acceptors (Lipinski definition) is 4. The third-order valence-electron chi connectivity index (χ3n) is 2.14. The molecule has 0 saturated carbocycles. The van der Waals surface area contributed by atoms with Crippen molar-refractivity contribution in [2.45, 2.75) is 29.9 Å². The molecular weight excluding hydrogens is 190 g/mol. The highest BCUT2D eigenvalue weighted by Crippen LogP contribution is 2.29. The SMILES string of the molecule is CC1OCCC1SC(CN)C(=O)O. The van der Waals surface area contributed by atoms with E-state index in [4.69, 9.17) is 15.6 Å². The highest BCUT2D eigenvalue weighted by Gasteiger charge is 2.29. The summed E-state index contributed by atoms with van der Waals surface area (Å²) < 4.78 is 5.34. The van der Waals surface area contributed by atoms with E-state index >= 15 is 0 Å². The largest absolute Gasteiger partial charge is 0.480 e. The summed E-state index contributed by atoms with van der Waals surface area (Å²) in [7, 11) is 0. The quantitative estimate of drug-likeness (QED) is 0.691. The van der Waals surface area contributed by atoms with Gasteiger partial charge in [0.25, 0.3) is 0 Å². The van der Waals surface area contributed by atoms with Crippen molar-refractivity contribution in [3.63, 3.8) is 0 Å². The predicted octanol–water partition coefficient (Wildman–Crippen LogP) is 0.309. The Morgan fingerprint density at radius 2 is 2.54 bits per heavy atom. The zero-order valence-corrected chi connectivity index (χ0v) is 8.42. The van der Waals surface area contributed by atoms with E-state index in [-0.39, 0.29) is 17.9 Å². The van der Waals surface area contributed by atoms with Crippen LogP contribution in [0, 0.1) is 0 Å². The van der Waals surface area contributed by atoms with Crippen LogP contribution in [0.25, 0.3) is 0 Å². The van der Waals surface area contributed by atoms with Gasteiger partial charge in [0.15, 0.2) is 0 Å². The van der Waals surface area contributed by atoms with Crippen LogP contribution in [0.1, 0.15) is 13.3 Å². The van der Waals surface area contributed by atoms with Gasteiger partial charge < -0.3 is 15.6 Å². The topological polar surface area (TPSA) is 72.5 Å². The number of thioether (sulfide) groups is 1. The second-order valence-electron chi connectivity index (χ2n) is 3.10. The maximum Gasteiger partial charge on any atom is 0.317 e. The molecule has 1 heterocycles. The molecular formula is C8H15NO3S. The number of carboxylic acid groups (broad SMARTS) is 1. The summed E-state index contributed by atoms with van der Waals surface area (Å²) in [5, 5.41) is 8.57. The predicted molar refractivity (Wildman–Crippen MR) is 51.9 cm³/mol. The first kappa shape index (κ1) is 10.8. The van der Waals surface area contributed by atoms with E-state index in [1.807, 2.05) is 6.92 Å². The Morgan fingerprint density at radius 3 is 2.92 bits per heavy atom. The number of carbonyl (C=O) groups is 1. The Labute approximate surface area is 81.8 Å². The molecule has 3 unspecified atom stereocenters. The lowest BCUT2D eigenvalue weighted by molar-refractivity contribution is -0.136. The molecule has 3 N–H and O–H groups in total. The maximum absolute atomic E-state index is 10.7. The van der Waals surface area contributed by atoms with Crippen molar-refractivity contribution < 1.29 is 14.6 Å². The standard InChI is InChI=1S/C8H15NO3S/c1-5-6(2-3-12-5)13-7(4-9)8(10)11/h5-7H,2-4,9H2,1H3,(H,10,11). The average Bonchev–Trinajstić information content (AvgIpc) is 2.46. The molecule has 0 bridgehead atoms. The van der Waals surface area contributed by atoms with Gasteiger partial charge in [0, 0.05) is 18.4 Å². The third kappa shape index (κ3) is 2.86. The molecule has 1 aliphatic heterocycles. The van der Waals surface area contributed by atoms with Gasteiger partial charge in [-0.1, -0.05) is 0 Å². The molecule has 5 heteroatoms. The maximum atomic E-state index is 10.7. The van der Waals surface area contributed by atoms with E-state index in [0.29, 0.717) is 0 Å². The fourth-order valence-electron chi connectivity index (χ4n) is 1.32. The Hall–Kier alpha value is -0.260. The molecule has 0 amide bonds. The van der Waals surface area contributed by atoms with Crippen molar-refractivity contribution in [2.75, 3.05) is 13.2 Å². The lowest BCUT2D eigenvalue weighted by atomic mass is 10.3. The van der Waals surface area contributed by atoms with Gasteiger partial charge in [-0.3, -0.25) is 4.79 Å². The monoisotopic (exact) mass is 205 g/mol. The van der Waals surface area contributed by atoms with Gasteiger partial charge in [-0.05, 0) is 13.3 Å². The first-order valence-corrected chi connectivity index (χ1v) is 5.29. The number of nitrogens with two attached hydrogens (primary N) is 1. The summed E-state index contributed by atoms with van der Waals surface area (Å²) in [6.45, 7) is 2.89. The molecule has 4 nitrogen and oxygen atoms in total. The third-order valence-corrected chi connectivity index (χ3v) is 3.83. The Morgan fingerprint density at radius 1 is 1.85 bits per heavy atom. The smallest absolute Gasteiger partial charge is 0.317 e. The molecule has 0 spiro atoms. The fourth-order valence-corrected chi connectivity index (χ4v) is 2.50. The summed E-state index contributed by atoms with van der Waals surface area (Å²) in [5.74, 6) is -0.827. The van der Waals surface area contributed by atoms with Crippen molar-refractivity contribution in [2.24, 2.45) is 5.73 Å². The summed E-state index contributed by atoms with van der Waals surface area (Å²) in [5.41, 5.74) is 5.35. The summed E-state index contributed by atoms with van der Waals surface area (Å²) in [6.07, 6.45) is 1.08. The zero-order chi connectivity index (χ0) is 9.84. The lowest BCUT2D eigenvalue weighted by Crippen LogP contribution is -2.30. The molecule has 13 heavy (non-hydrogen) atoms. The first-order chi connectivity index (χ1) is 6.15. The van der Waals surface area contributed by atoms with Gasteiger partial charge in [0.2, 0.25) is 0 Å². The molecule has 0 aliphatic carbocycles. The fraction of sp³-hybridized carbons (Fsp3) is 0.875. The highest BCUT2D eigenvalue weighted by atomic mass is 32.2. The number of rotatable bonds is 4. The molecule has 1 aliphatic rings. The van der Waals surface area contributed by atoms with Crippen LogP contribution in [0.5, 0.6) is 0 Å². The van der Waals surface area contributed by atoms with Crippen LogP contribution < -0.4 is 5.73 Å². The minimum atomic E-state index is -0.827. The van der Waals surface area contributed by atoms with E-state index in [9.17, 15) is 4.79 Å². The molecule has 1 fully saturated rings. The van der Waals surface area contributed by atoms with Gasteiger partial charge in [0.05, 0.1) is 6.10 Å². The molecule has 3 atom stereocenters. The van der Waals surface area contributed by atoms with Gasteiger partial charge in [-0.15, -0.1) is 11.8 Å². The van der Waals surface area contributed by atoms with Crippen LogP contribution in [0.15, 0.2) is 0 Å². The van der Waals surface area contributed by atoms with Crippen LogP contribution >= 0.6 is 11.8 Å². The van der Waals surface area contributed by atoms with Gasteiger partial charge in [0.1, 0.15) is 5.25 Å². The molecule has 76 valence electrons. The highest BCUT2D eigenvalue weighted by molar-refractivity contribution is 8.01. The summed E-state index contributed by atoms with van der Waals surface area (Å²) in [4.78, 5) is 10.7. The minimum Gasteiger partial charge on any atom is -0.480 e. The van der Waals surface area contributed by atoms with Crippen LogP contribution in [0.3, 0.4) is 0 Å². The number of carboxylic acids is 1. The second kappa shape index (κ2) is 4.83. The van der Waals surface area contributed by atoms with Crippen LogP contribution in [0.4, 0.5) is 0 Å². The Kier molecular flexibility index (Phi) is 4.02. The van der Waals surface area contributed by atoms with Crippen molar-refractivity contribution in [1.29, 1.82) is 0 Å². The molecule has 1 saturated heterocycles. The van der Waals surface area contributed by atoms with Gasteiger partial charge in [-0.2, -0.15) is 0 Å². The first-order valence-electron chi connectivity index (χ1n) is 4.35. The van der Waals surface area contributed by atoms with Crippen LogP contribution in [0.2, 0.25) is 0 Å². The zero-order valence-electron chi connectivity index (χ0n) is 7.60. The Bertz CT molecular complexity index is 188. The van der Waals surface area contributed by atoms with Crippen molar-refractivity contribution in [3.8, 4) is 0 Å². The molecule has 0 aromatic heterocycles. The second-order valence-corrected chi connectivity index (χ2v) is 4.55. The van der Waals surface area contributed by atoms with E-state index in [0.717, 1.165) is 13.0 Å². The number of ether oxygens (including phenoxy) is 1. The normalized spacial score (nSPS) is 30.3. The van der Waals surface area contributed by atoms with Gasteiger partial charge >= 0.3 is 5.97 Å². The van der Waals surface area contributed by atoms with E-state index in [2.05, 4.69) is 0 Å². The van der Waals surface area contributed by atoms with Crippen molar-refractivity contribution >= 4 is 17.7 Å². The van der Waals surface area contributed by atoms with Crippen LogP contribution in [-0.2, 0) is 9.53 Å². The number of aliphatic carboxylic acids is 1. The van der Waals surface area contributed by atoms with E-state index in [1.54, 1.807) is 0 Å². The molecule has 0 radical (unpaired) electrons. The summed E-state index contributed by atoms with van der Waals surface area (Å²) >= 11 is 1.42.